The molecule has 1 atom stereocenters. The Hall–Kier alpha value is -0.0538. The maximum absolute atomic E-state index is 3.81. The number of rotatable bonds is 3. The van der Waals surface area contributed by atoms with E-state index in [1.807, 2.05) is 18.2 Å². The molecule has 2 heteroatoms. The first-order valence-electron chi connectivity index (χ1n) is 5.66. The van der Waals surface area contributed by atoms with Gasteiger partial charge in [-0.25, -0.2) is 0 Å². The molecule has 0 saturated heterocycles. The van der Waals surface area contributed by atoms with Crippen molar-refractivity contribution >= 4 is 28.6 Å². The molecule has 1 unspecified atom stereocenters. The van der Waals surface area contributed by atoms with Gasteiger partial charge in [-0.1, -0.05) is 17.7 Å². The minimum atomic E-state index is 0. The number of hydrogen-bond donors (Lipinski definition) is 0. The van der Waals surface area contributed by atoms with Gasteiger partial charge < -0.3 is 17.0 Å². The molecule has 2 rings (SSSR count). The monoisotopic (exact) mass is 300 g/mol. The first-order valence-corrected chi connectivity index (χ1v) is 5.66. The summed E-state index contributed by atoms with van der Waals surface area (Å²) in [5.41, 5.74) is 2.87. The maximum Gasteiger partial charge on any atom is 2.00 e. The van der Waals surface area contributed by atoms with E-state index in [1.165, 1.54) is 30.4 Å². The van der Waals surface area contributed by atoms with Crippen LogP contribution in [0.1, 0.15) is 31.2 Å². The molecule has 0 bridgehead atoms. The molecule has 0 spiro atoms. The van der Waals surface area contributed by atoms with Gasteiger partial charge in [-0.2, -0.15) is 30.3 Å². The zero-order chi connectivity index (χ0) is 10.5. The molecular weight excluding hydrogens is 284 g/mol. The smallest absolute Gasteiger partial charge is 1.00 e. The zero-order valence-electron chi connectivity index (χ0n) is 10.2. The molecule has 1 aliphatic rings. The third-order valence-corrected chi connectivity index (χ3v) is 3.11. The van der Waals surface area contributed by atoms with Gasteiger partial charge in [-0.3, -0.25) is 0 Å². The first kappa shape index (κ1) is 16.9. The topological polar surface area (TPSA) is 0 Å². The van der Waals surface area contributed by atoms with E-state index in [0.29, 0.717) is 0 Å². The summed E-state index contributed by atoms with van der Waals surface area (Å²) in [5.74, 6) is 0.821. The molecule has 0 N–H and O–H groups in total. The summed E-state index contributed by atoms with van der Waals surface area (Å²) < 4.78 is 0. The van der Waals surface area contributed by atoms with Gasteiger partial charge in [0.25, 0.3) is 0 Å². The van der Waals surface area contributed by atoms with Crippen LogP contribution < -0.4 is 17.0 Å². The SMILES string of the molecule is C=CCC1CC=C(c2cc[c-]cc2)CC1.[Br-].[Mg+2]. The fourth-order valence-corrected chi connectivity index (χ4v) is 2.20. The van der Waals surface area contributed by atoms with Crippen LogP contribution in [0.2, 0.25) is 0 Å². The Bertz CT molecular complexity index is 356. The summed E-state index contributed by atoms with van der Waals surface area (Å²) in [6.07, 6.45) is 9.32. The predicted molar refractivity (Wildman–Crippen MR) is 71.2 cm³/mol. The van der Waals surface area contributed by atoms with Crippen LogP contribution in [-0.4, -0.2) is 23.1 Å². The first-order chi connectivity index (χ1) is 7.40. The molecule has 0 aliphatic heterocycles. The summed E-state index contributed by atoms with van der Waals surface area (Å²) in [4.78, 5) is 0. The van der Waals surface area contributed by atoms with E-state index in [9.17, 15) is 0 Å². The number of benzene rings is 1. The van der Waals surface area contributed by atoms with Crippen LogP contribution in [0, 0.1) is 12.0 Å². The molecule has 0 radical (unpaired) electrons. The fraction of sp³-hybridized carbons (Fsp3) is 0.333. The van der Waals surface area contributed by atoms with Crippen LogP contribution in [0.4, 0.5) is 0 Å². The Balaban J connectivity index is 0.00000128. The Morgan fingerprint density at radius 3 is 2.59 bits per heavy atom. The summed E-state index contributed by atoms with van der Waals surface area (Å²) in [6, 6.07) is 11.3. The van der Waals surface area contributed by atoms with Gasteiger partial charge in [-0.15, -0.1) is 12.1 Å². The van der Waals surface area contributed by atoms with Gasteiger partial charge in [0.1, 0.15) is 0 Å². The van der Waals surface area contributed by atoms with Crippen molar-refractivity contribution in [3.8, 4) is 0 Å². The molecular formula is C15H17BrMg. The molecule has 86 valence electrons. The van der Waals surface area contributed by atoms with Crippen LogP contribution in [0.5, 0.6) is 0 Å². The molecule has 17 heavy (non-hydrogen) atoms. The van der Waals surface area contributed by atoms with E-state index in [1.54, 1.807) is 0 Å². The van der Waals surface area contributed by atoms with E-state index < -0.39 is 0 Å². The van der Waals surface area contributed by atoms with Crippen molar-refractivity contribution in [1.82, 2.24) is 0 Å². The third kappa shape index (κ3) is 4.98. The number of allylic oxidation sites excluding steroid dienone is 3. The van der Waals surface area contributed by atoms with Crippen LogP contribution in [-0.2, 0) is 0 Å². The van der Waals surface area contributed by atoms with Gasteiger partial charge in [-0.05, 0) is 31.6 Å². The van der Waals surface area contributed by atoms with Crippen LogP contribution in [0.15, 0.2) is 43.0 Å². The molecule has 0 aromatic heterocycles. The molecule has 0 heterocycles. The zero-order valence-corrected chi connectivity index (χ0v) is 13.2. The minimum absolute atomic E-state index is 0. The summed E-state index contributed by atoms with van der Waals surface area (Å²) in [5, 5.41) is 0. The molecule has 1 aromatic carbocycles. The number of halogens is 1. The second kappa shape index (κ2) is 8.95. The molecule has 0 saturated carbocycles. The Morgan fingerprint density at radius 2 is 2.06 bits per heavy atom. The van der Waals surface area contributed by atoms with Crippen molar-refractivity contribution in [2.75, 3.05) is 0 Å². The van der Waals surface area contributed by atoms with Crippen molar-refractivity contribution < 1.29 is 17.0 Å². The normalized spacial score (nSPS) is 18.4. The predicted octanol–water partition coefficient (Wildman–Crippen LogP) is 0.870. The van der Waals surface area contributed by atoms with E-state index in [4.69, 9.17) is 0 Å². The van der Waals surface area contributed by atoms with E-state index in [0.717, 1.165) is 12.3 Å². The molecule has 0 nitrogen and oxygen atoms in total. The Morgan fingerprint density at radius 1 is 1.35 bits per heavy atom. The van der Waals surface area contributed by atoms with Crippen LogP contribution in [0.25, 0.3) is 5.57 Å². The van der Waals surface area contributed by atoms with Crippen molar-refractivity contribution in [1.29, 1.82) is 0 Å². The number of hydrogen-bond acceptors (Lipinski definition) is 0. The summed E-state index contributed by atoms with van der Waals surface area (Å²) in [6.45, 7) is 3.81. The molecule has 1 aliphatic carbocycles. The van der Waals surface area contributed by atoms with Crippen LogP contribution >= 0.6 is 0 Å². The van der Waals surface area contributed by atoms with Crippen LogP contribution in [0.3, 0.4) is 0 Å². The van der Waals surface area contributed by atoms with Gasteiger partial charge in [0, 0.05) is 0 Å². The van der Waals surface area contributed by atoms with Gasteiger partial charge in [0.2, 0.25) is 0 Å². The standard InChI is InChI=1S/C15H17.BrH.Mg/c1-2-6-13-9-11-15(12-10-13)14-7-4-3-5-8-14;;/h2,4-5,7-8,11,13H,1,6,9-10,12H2;1H;/q-1;;+2/p-1. The summed E-state index contributed by atoms with van der Waals surface area (Å²) in [7, 11) is 0. The fourth-order valence-electron chi connectivity index (χ4n) is 2.20. The van der Waals surface area contributed by atoms with Crippen molar-refractivity contribution in [2.24, 2.45) is 5.92 Å². The second-order valence-electron chi connectivity index (χ2n) is 4.18. The second-order valence-corrected chi connectivity index (χ2v) is 4.18. The largest absolute Gasteiger partial charge is 2.00 e. The molecule has 1 aromatic rings. The van der Waals surface area contributed by atoms with Crippen molar-refractivity contribution in [3.05, 3.63) is 54.6 Å². The quantitative estimate of drug-likeness (QED) is 0.441. The average molecular weight is 302 g/mol. The summed E-state index contributed by atoms with van der Waals surface area (Å²) >= 11 is 0. The molecule has 0 amide bonds. The average Bonchev–Trinajstić information content (AvgIpc) is 2.32. The third-order valence-electron chi connectivity index (χ3n) is 3.11. The molecule has 0 fully saturated rings. The minimum Gasteiger partial charge on any atom is -1.00 e. The van der Waals surface area contributed by atoms with E-state index in [-0.39, 0.29) is 40.0 Å². The van der Waals surface area contributed by atoms with E-state index in [2.05, 4.69) is 30.9 Å². The Kier molecular flexibility index (Phi) is 8.93. The van der Waals surface area contributed by atoms with Gasteiger partial charge in [0.05, 0.1) is 0 Å². The van der Waals surface area contributed by atoms with Crippen molar-refractivity contribution in [2.45, 2.75) is 25.7 Å². The maximum atomic E-state index is 3.81. The van der Waals surface area contributed by atoms with E-state index >= 15 is 0 Å². The van der Waals surface area contributed by atoms with Crippen molar-refractivity contribution in [3.63, 3.8) is 0 Å². The Labute approximate surface area is 131 Å². The van der Waals surface area contributed by atoms with Gasteiger partial charge in [0.15, 0.2) is 0 Å². The van der Waals surface area contributed by atoms with Gasteiger partial charge >= 0.3 is 23.1 Å².